The quantitative estimate of drug-likeness (QED) is 0.510. The SMILES string of the molecule is CC(C)c1cccc(/N=N/c2ccc(C(C)(C)C)cc2)c1C(C)(C)C. The third-order valence-corrected chi connectivity index (χ3v) is 4.45. The van der Waals surface area contributed by atoms with Crippen LogP contribution in [0.3, 0.4) is 0 Å². The van der Waals surface area contributed by atoms with Crippen molar-refractivity contribution in [2.45, 2.75) is 72.1 Å². The molecule has 2 aromatic rings. The number of benzene rings is 2. The highest BCUT2D eigenvalue weighted by molar-refractivity contribution is 5.55. The van der Waals surface area contributed by atoms with Gasteiger partial charge < -0.3 is 0 Å². The van der Waals surface area contributed by atoms with Crippen molar-refractivity contribution < 1.29 is 0 Å². The van der Waals surface area contributed by atoms with Gasteiger partial charge in [0.1, 0.15) is 0 Å². The van der Waals surface area contributed by atoms with Crippen molar-refractivity contribution in [3.8, 4) is 0 Å². The highest BCUT2D eigenvalue weighted by Crippen LogP contribution is 2.38. The second-order valence-corrected chi connectivity index (χ2v) is 9.14. The van der Waals surface area contributed by atoms with E-state index < -0.39 is 0 Å². The van der Waals surface area contributed by atoms with Gasteiger partial charge in [-0.05, 0) is 51.6 Å². The maximum absolute atomic E-state index is 4.60. The molecule has 0 saturated carbocycles. The predicted octanol–water partition coefficient (Wildman–Crippen LogP) is 7.82. The van der Waals surface area contributed by atoms with E-state index in [1.54, 1.807) is 0 Å². The summed E-state index contributed by atoms with van der Waals surface area (Å²) in [7, 11) is 0. The highest BCUT2D eigenvalue weighted by atomic mass is 15.1. The van der Waals surface area contributed by atoms with Gasteiger partial charge in [-0.15, -0.1) is 0 Å². The first-order valence-corrected chi connectivity index (χ1v) is 9.16. The van der Waals surface area contributed by atoms with Gasteiger partial charge in [0.15, 0.2) is 0 Å². The topological polar surface area (TPSA) is 24.7 Å². The second kappa shape index (κ2) is 7.11. The third kappa shape index (κ3) is 4.78. The van der Waals surface area contributed by atoms with Crippen LogP contribution in [0.15, 0.2) is 52.7 Å². The van der Waals surface area contributed by atoms with Crippen molar-refractivity contribution in [2.75, 3.05) is 0 Å². The Kier molecular flexibility index (Phi) is 5.51. The van der Waals surface area contributed by atoms with Crippen molar-refractivity contribution in [3.63, 3.8) is 0 Å². The van der Waals surface area contributed by atoms with E-state index in [-0.39, 0.29) is 10.8 Å². The summed E-state index contributed by atoms with van der Waals surface area (Å²) in [5.41, 5.74) is 6.00. The maximum atomic E-state index is 4.60. The molecule has 134 valence electrons. The number of azo groups is 1. The summed E-state index contributed by atoms with van der Waals surface area (Å²) >= 11 is 0. The van der Waals surface area contributed by atoms with E-state index in [1.807, 2.05) is 12.1 Å². The Morgan fingerprint density at radius 2 is 1.32 bits per heavy atom. The van der Waals surface area contributed by atoms with Gasteiger partial charge >= 0.3 is 0 Å². The molecule has 2 aromatic carbocycles. The summed E-state index contributed by atoms with van der Waals surface area (Å²) in [6, 6.07) is 14.7. The Morgan fingerprint density at radius 3 is 1.80 bits per heavy atom. The Bertz CT molecular complexity index is 739. The molecule has 0 bridgehead atoms. The Balaban J connectivity index is 2.40. The molecule has 0 aliphatic heterocycles. The van der Waals surface area contributed by atoms with E-state index in [9.17, 15) is 0 Å². The number of hydrogen-bond donors (Lipinski definition) is 0. The van der Waals surface area contributed by atoms with Crippen molar-refractivity contribution in [3.05, 3.63) is 59.2 Å². The third-order valence-electron chi connectivity index (χ3n) is 4.45. The van der Waals surface area contributed by atoms with Crippen LogP contribution in [0.4, 0.5) is 11.4 Å². The van der Waals surface area contributed by atoms with Gasteiger partial charge in [0.2, 0.25) is 0 Å². The molecule has 0 aliphatic rings. The molecule has 0 heterocycles. The van der Waals surface area contributed by atoms with Crippen molar-refractivity contribution >= 4 is 11.4 Å². The van der Waals surface area contributed by atoms with E-state index in [0.717, 1.165) is 11.4 Å². The average Bonchev–Trinajstić information content (AvgIpc) is 2.51. The zero-order valence-corrected chi connectivity index (χ0v) is 17.0. The van der Waals surface area contributed by atoms with Crippen molar-refractivity contribution in [2.24, 2.45) is 10.2 Å². The summed E-state index contributed by atoms with van der Waals surface area (Å²) in [5.74, 6) is 0.468. The molecule has 0 unspecified atom stereocenters. The normalized spacial score (nSPS) is 13.0. The van der Waals surface area contributed by atoms with Gasteiger partial charge in [0.25, 0.3) is 0 Å². The van der Waals surface area contributed by atoms with Crippen LogP contribution >= 0.6 is 0 Å². The number of hydrogen-bond acceptors (Lipinski definition) is 2. The van der Waals surface area contributed by atoms with Crippen molar-refractivity contribution in [1.29, 1.82) is 0 Å². The van der Waals surface area contributed by atoms with Crippen LogP contribution in [0.1, 0.15) is 78.0 Å². The summed E-state index contributed by atoms with van der Waals surface area (Å²) in [6.07, 6.45) is 0. The van der Waals surface area contributed by atoms with Gasteiger partial charge in [0.05, 0.1) is 11.4 Å². The molecule has 2 rings (SSSR count). The highest BCUT2D eigenvalue weighted by Gasteiger charge is 2.23. The van der Waals surface area contributed by atoms with Gasteiger partial charge in [-0.25, -0.2) is 0 Å². The zero-order chi connectivity index (χ0) is 18.8. The fourth-order valence-electron chi connectivity index (χ4n) is 3.08. The van der Waals surface area contributed by atoms with E-state index >= 15 is 0 Å². The van der Waals surface area contributed by atoms with Crippen LogP contribution < -0.4 is 0 Å². The Hall–Kier alpha value is -1.96. The number of nitrogens with zero attached hydrogens (tertiary/aromatic N) is 2. The molecule has 0 amide bonds. The van der Waals surface area contributed by atoms with Gasteiger partial charge in [-0.1, -0.05) is 79.7 Å². The molecule has 0 N–H and O–H groups in total. The van der Waals surface area contributed by atoms with Crippen LogP contribution in [0.25, 0.3) is 0 Å². The van der Waals surface area contributed by atoms with Gasteiger partial charge in [-0.2, -0.15) is 10.2 Å². The molecule has 0 radical (unpaired) electrons. The van der Waals surface area contributed by atoms with Gasteiger partial charge in [0, 0.05) is 0 Å². The molecule has 2 nitrogen and oxygen atoms in total. The maximum Gasteiger partial charge on any atom is 0.0897 e. The fourth-order valence-corrected chi connectivity index (χ4v) is 3.08. The van der Waals surface area contributed by atoms with E-state index in [1.165, 1.54) is 16.7 Å². The smallest absolute Gasteiger partial charge is 0.0897 e. The first-order valence-electron chi connectivity index (χ1n) is 9.16. The van der Waals surface area contributed by atoms with E-state index in [4.69, 9.17) is 0 Å². The average molecular weight is 337 g/mol. The predicted molar refractivity (Wildman–Crippen MR) is 109 cm³/mol. The molecule has 0 aliphatic carbocycles. The molecule has 0 atom stereocenters. The molecule has 25 heavy (non-hydrogen) atoms. The van der Waals surface area contributed by atoms with Crippen LogP contribution in [0.5, 0.6) is 0 Å². The van der Waals surface area contributed by atoms with Crippen LogP contribution in [0, 0.1) is 0 Å². The lowest BCUT2D eigenvalue weighted by Crippen LogP contribution is -2.15. The van der Waals surface area contributed by atoms with Crippen LogP contribution in [0.2, 0.25) is 0 Å². The number of rotatable bonds is 3. The Labute approximate surface area is 153 Å². The first kappa shape index (κ1) is 19.4. The zero-order valence-electron chi connectivity index (χ0n) is 17.0. The van der Waals surface area contributed by atoms with Crippen LogP contribution in [-0.4, -0.2) is 0 Å². The molecule has 0 saturated heterocycles. The molecule has 0 spiro atoms. The molecule has 0 fully saturated rings. The van der Waals surface area contributed by atoms with Gasteiger partial charge in [-0.3, -0.25) is 0 Å². The minimum Gasteiger partial charge on any atom is -0.151 e. The summed E-state index contributed by atoms with van der Waals surface area (Å²) in [5, 5.41) is 9.10. The summed E-state index contributed by atoms with van der Waals surface area (Å²) in [6.45, 7) is 17.8. The Morgan fingerprint density at radius 1 is 0.720 bits per heavy atom. The fraction of sp³-hybridized carbons (Fsp3) is 0.478. The van der Waals surface area contributed by atoms with E-state index in [0.29, 0.717) is 5.92 Å². The van der Waals surface area contributed by atoms with Crippen LogP contribution in [-0.2, 0) is 10.8 Å². The van der Waals surface area contributed by atoms with Crippen molar-refractivity contribution in [1.82, 2.24) is 0 Å². The summed E-state index contributed by atoms with van der Waals surface area (Å²) < 4.78 is 0. The summed E-state index contributed by atoms with van der Waals surface area (Å²) in [4.78, 5) is 0. The molecular weight excluding hydrogens is 304 g/mol. The molecule has 2 heteroatoms. The monoisotopic (exact) mass is 336 g/mol. The standard InChI is InChI=1S/C23H32N2/c1-16(2)19-10-9-11-20(21(19)23(6,7)8)25-24-18-14-12-17(13-15-18)22(3,4)5/h9-16H,1-8H3/b25-24+. The lowest BCUT2D eigenvalue weighted by atomic mass is 9.79. The second-order valence-electron chi connectivity index (χ2n) is 9.14. The van der Waals surface area contributed by atoms with E-state index in [2.05, 4.69) is 96.0 Å². The largest absolute Gasteiger partial charge is 0.151 e. The first-order chi connectivity index (χ1) is 11.5. The lowest BCUT2D eigenvalue weighted by Gasteiger charge is -2.26. The minimum absolute atomic E-state index is 0.0330. The molecule has 0 aromatic heterocycles. The minimum atomic E-state index is 0.0330. The molecular formula is C23H32N2. The lowest BCUT2D eigenvalue weighted by molar-refractivity contribution is 0.577.